The predicted octanol–water partition coefficient (Wildman–Crippen LogP) is 3.61. The summed E-state index contributed by atoms with van der Waals surface area (Å²) in [6.45, 7) is 0. The van der Waals surface area contributed by atoms with Gasteiger partial charge in [0, 0.05) is 28.9 Å². The Kier molecular flexibility index (Phi) is 4.29. The van der Waals surface area contributed by atoms with E-state index in [-0.39, 0.29) is 11.3 Å². The van der Waals surface area contributed by atoms with E-state index in [0.29, 0.717) is 5.13 Å². The molecule has 2 heterocycles. The van der Waals surface area contributed by atoms with Crippen LogP contribution in [-0.2, 0) is 0 Å². The third-order valence-electron chi connectivity index (χ3n) is 3.10. The number of halogens is 1. The Morgan fingerprint density at radius 3 is 2.91 bits per heavy atom. The Morgan fingerprint density at radius 2 is 2.22 bits per heavy atom. The molecule has 0 radical (unpaired) electrons. The predicted molar refractivity (Wildman–Crippen MR) is 86.3 cm³/mol. The van der Waals surface area contributed by atoms with Crippen molar-refractivity contribution < 1.29 is 13.9 Å². The molecule has 0 aliphatic heterocycles. The average molecular weight is 329 g/mol. The number of hydrogen-bond acceptors (Lipinski definition) is 5. The number of anilines is 1. The number of nitrogens with zero attached hydrogens (tertiary/aromatic N) is 2. The summed E-state index contributed by atoms with van der Waals surface area (Å²) >= 11 is 1.29. The van der Waals surface area contributed by atoms with Crippen molar-refractivity contribution in [1.82, 2.24) is 9.97 Å². The number of amides is 1. The van der Waals surface area contributed by atoms with Gasteiger partial charge in [-0.05, 0) is 30.3 Å². The minimum Gasteiger partial charge on any atom is -0.494 e. The van der Waals surface area contributed by atoms with Crippen LogP contribution in [0.3, 0.4) is 0 Å². The number of methoxy groups -OCH3 is 1. The van der Waals surface area contributed by atoms with Crippen molar-refractivity contribution in [2.75, 3.05) is 12.4 Å². The summed E-state index contributed by atoms with van der Waals surface area (Å²) in [5.41, 5.74) is 1.78. The van der Waals surface area contributed by atoms with Crippen LogP contribution >= 0.6 is 11.3 Å². The van der Waals surface area contributed by atoms with E-state index >= 15 is 0 Å². The van der Waals surface area contributed by atoms with Crippen LogP contribution in [0.25, 0.3) is 11.3 Å². The van der Waals surface area contributed by atoms with E-state index in [4.69, 9.17) is 4.74 Å². The second-order valence-corrected chi connectivity index (χ2v) is 5.44. The van der Waals surface area contributed by atoms with E-state index in [9.17, 15) is 9.18 Å². The van der Waals surface area contributed by atoms with E-state index < -0.39 is 11.7 Å². The molecule has 7 heteroatoms. The van der Waals surface area contributed by atoms with Crippen LogP contribution in [0.5, 0.6) is 5.75 Å². The summed E-state index contributed by atoms with van der Waals surface area (Å²) in [6, 6.07) is 7.73. The minimum atomic E-state index is -0.588. The van der Waals surface area contributed by atoms with Gasteiger partial charge in [-0.2, -0.15) is 0 Å². The number of aromatic nitrogens is 2. The lowest BCUT2D eigenvalue weighted by Crippen LogP contribution is -2.12. The van der Waals surface area contributed by atoms with Gasteiger partial charge in [0.2, 0.25) is 0 Å². The number of benzene rings is 1. The smallest absolute Gasteiger partial charge is 0.257 e. The number of ether oxygens (including phenoxy) is 1. The topological polar surface area (TPSA) is 64.1 Å². The van der Waals surface area contributed by atoms with E-state index in [0.717, 1.165) is 17.3 Å². The highest BCUT2D eigenvalue weighted by Gasteiger charge is 2.12. The Balaban J connectivity index is 1.76. The fraction of sp³-hybridized carbons (Fsp3) is 0.0625. The van der Waals surface area contributed by atoms with E-state index in [2.05, 4.69) is 15.3 Å². The van der Waals surface area contributed by atoms with Gasteiger partial charge in [0.1, 0.15) is 0 Å². The van der Waals surface area contributed by atoms with E-state index in [1.807, 2.05) is 17.5 Å². The molecule has 0 fully saturated rings. The van der Waals surface area contributed by atoms with Crippen LogP contribution in [0.4, 0.5) is 9.52 Å². The van der Waals surface area contributed by atoms with Crippen LogP contribution in [0.1, 0.15) is 10.4 Å². The number of pyridine rings is 1. The average Bonchev–Trinajstić information content (AvgIpc) is 3.04. The molecule has 0 atom stereocenters. The van der Waals surface area contributed by atoms with Crippen molar-refractivity contribution in [1.29, 1.82) is 0 Å². The van der Waals surface area contributed by atoms with E-state index in [1.54, 1.807) is 12.4 Å². The van der Waals surface area contributed by atoms with Crippen molar-refractivity contribution in [3.63, 3.8) is 0 Å². The van der Waals surface area contributed by atoms with Gasteiger partial charge in [-0.15, -0.1) is 11.3 Å². The number of thiazole rings is 1. The molecule has 5 nitrogen and oxygen atoms in total. The van der Waals surface area contributed by atoms with Gasteiger partial charge in [-0.3, -0.25) is 15.1 Å². The molecule has 1 aromatic carbocycles. The summed E-state index contributed by atoms with van der Waals surface area (Å²) in [5, 5.41) is 4.91. The first-order valence-corrected chi connectivity index (χ1v) is 7.56. The number of rotatable bonds is 4. The van der Waals surface area contributed by atoms with Crippen molar-refractivity contribution >= 4 is 22.4 Å². The lowest BCUT2D eigenvalue weighted by atomic mass is 10.2. The van der Waals surface area contributed by atoms with Gasteiger partial charge < -0.3 is 4.74 Å². The van der Waals surface area contributed by atoms with Crippen LogP contribution in [0.2, 0.25) is 0 Å². The molecule has 0 saturated heterocycles. The molecule has 0 saturated carbocycles. The molecular formula is C16H12FN3O2S. The van der Waals surface area contributed by atoms with Gasteiger partial charge in [0.05, 0.1) is 12.8 Å². The molecule has 0 aliphatic rings. The first kappa shape index (κ1) is 15.1. The molecule has 3 rings (SSSR count). The van der Waals surface area contributed by atoms with Crippen molar-refractivity contribution in [2.24, 2.45) is 0 Å². The molecule has 0 unspecified atom stereocenters. The summed E-state index contributed by atoms with van der Waals surface area (Å²) in [4.78, 5) is 20.5. The van der Waals surface area contributed by atoms with Crippen molar-refractivity contribution in [2.45, 2.75) is 0 Å². The maximum absolute atomic E-state index is 13.7. The summed E-state index contributed by atoms with van der Waals surface area (Å²) in [5.74, 6) is -0.927. The Hall–Kier alpha value is -2.80. The standard InChI is InChI=1S/C16H12FN3O2S/c1-22-14-5-4-10(7-12(14)17)15(21)20-16-19-13(9-23-16)11-3-2-6-18-8-11/h2-9H,1H3,(H,19,20,21). The fourth-order valence-corrected chi connectivity index (χ4v) is 2.67. The molecule has 0 aliphatic carbocycles. The van der Waals surface area contributed by atoms with Crippen molar-refractivity contribution in [3.8, 4) is 17.0 Å². The van der Waals surface area contributed by atoms with E-state index in [1.165, 1.54) is 30.6 Å². The first-order valence-electron chi connectivity index (χ1n) is 6.68. The zero-order valence-electron chi connectivity index (χ0n) is 12.1. The van der Waals surface area contributed by atoms with Gasteiger partial charge in [0.25, 0.3) is 5.91 Å². The molecule has 0 spiro atoms. The van der Waals surface area contributed by atoms with Gasteiger partial charge in [0.15, 0.2) is 16.7 Å². The zero-order chi connectivity index (χ0) is 16.2. The summed E-state index contributed by atoms with van der Waals surface area (Å²) < 4.78 is 18.5. The lowest BCUT2D eigenvalue weighted by molar-refractivity contribution is 0.102. The molecule has 2 aromatic heterocycles. The number of carbonyl (C=O) groups is 1. The maximum atomic E-state index is 13.7. The number of nitrogens with one attached hydrogen (secondary N) is 1. The molecule has 1 N–H and O–H groups in total. The monoisotopic (exact) mass is 329 g/mol. The molecule has 1 amide bonds. The molecule has 23 heavy (non-hydrogen) atoms. The molecular weight excluding hydrogens is 317 g/mol. The Labute approximate surface area is 135 Å². The maximum Gasteiger partial charge on any atom is 0.257 e. The largest absolute Gasteiger partial charge is 0.494 e. The van der Waals surface area contributed by atoms with Crippen LogP contribution in [-0.4, -0.2) is 23.0 Å². The highest BCUT2D eigenvalue weighted by Crippen LogP contribution is 2.25. The zero-order valence-corrected chi connectivity index (χ0v) is 12.9. The SMILES string of the molecule is COc1ccc(C(=O)Nc2nc(-c3cccnc3)cs2)cc1F. The third kappa shape index (κ3) is 3.35. The Morgan fingerprint density at radius 1 is 1.35 bits per heavy atom. The lowest BCUT2D eigenvalue weighted by Gasteiger charge is -2.05. The van der Waals surface area contributed by atoms with Crippen LogP contribution in [0.15, 0.2) is 48.1 Å². The summed E-state index contributed by atoms with van der Waals surface area (Å²) in [7, 11) is 1.37. The minimum absolute atomic E-state index is 0.0923. The molecule has 3 aromatic rings. The highest BCUT2D eigenvalue weighted by molar-refractivity contribution is 7.14. The van der Waals surface area contributed by atoms with Crippen LogP contribution < -0.4 is 10.1 Å². The second-order valence-electron chi connectivity index (χ2n) is 4.58. The van der Waals surface area contributed by atoms with Gasteiger partial charge in [-0.25, -0.2) is 9.37 Å². The fourth-order valence-electron chi connectivity index (χ4n) is 1.95. The normalized spacial score (nSPS) is 10.3. The highest BCUT2D eigenvalue weighted by atomic mass is 32.1. The molecule has 116 valence electrons. The quantitative estimate of drug-likeness (QED) is 0.794. The third-order valence-corrected chi connectivity index (χ3v) is 3.85. The van der Waals surface area contributed by atoms with Crippen LogP contribution in [0, 0.1) is 5.82 Å². The van der Waals surface area contributed by atoms with Crippen molar-refractivity contribution in [3.05, 3.63) is 59.5 Å². The summed E-state index contributed by atoms with van der Waals surface area (Å²) in [6.07, 6.45) is 3.37. The number of carbonyl (C=O) groups excluding carboxylic acids is 1. The Bertz CT molecular complexity index is 836. The second kappa shape index (κ2) is 6.53. The number of hydrogen-bond donors (Lipinski definition) is 1. The first-order chi connectivity index (χ1) is 11.2. The van der Waals surface area contributed by atoms with Gasteiger partial charge >= 0.3 is 0 Å². The van der Waals surface area contributed by atoms with Gasteiger partial charge in [-0.1, -0.05) is 0 Å². The molecule has 0 bridgehead atoms.